The quantitative estimate of drug-likeness (QED) is 0.446. The molecule has 1 amide bonds. The molecule has 184 valence electrons. The largest absolute Gasteiger partial charge is 0.497 e. The zero-order chi connectivity index (χ0) is 24.4. The van der Waals surface area contributed by atoms with Gasteiger partial charge in [-0.15, -0.1) is 11.7 Å². The topological polar surface area (TPSA) is 93.4 Å². The van der Waals surface area contributed by atoms with Crippen LogP contribution in [0.25, 0.3) is 10.9 Å². The van der Waals surface area contributed by atoms with Gasteiger partial charge in [0, 0.05) is 43.5 Å². The normalized spacial score (nSPS) is 22.9. The number of carbonyl (C=O) groups excluding carboxylic acids is 1. The highest BCUT2D eigenvalue weighted by Gasteiger charge is 2.46. The lowest BCUT2D eigenvalue weighted by atomic mass is 9.79. The first-order valence-corrected chi connectivity index (χ1v) is 13.0. The van der Waals surface area contributed by atoms with Gasteiger partial charge in [-0.2, -0.15) is 0 Å². The number of amides is 1. The van der Waals surface area contributed by atoms with Crippen molar-refractivity contribution in [3.05, 3.63) is 60.6 Å². The van der Waals surface area contributed by atoms with Crippen molar-refractivity contribution >= 4 is 27.9 Å². The lowest BCUT2D eigenvalue weighted by molar-refractivity contribution is 0.129. The van der Waals surface area contributed by atoms with E-state index in [-0.39, 0.29) is 29.1 Å². The fraction of sp³-hybridized carbons (Fsp3) is 0.462. The van der Waals surface area contributed by atoms with Gasteiger partial charge in [0.05, 0.1) is 23.6 Å². The molecular formula is C26H31N5O3S. The Labute approximate surface area is 209 Å². The molecule has 5 rings (SSSR count). The van der Waals surface area contributed by atoms with Crippen molar-refractivity contribution in [3.63, 3.8) is 0 Å². The Balaban J connectivity index is 1.37. The summed E-state index contributed by atoms with van der Waals surface area (Å²) in [5, 5.41) is 18.8. The van der Waals surface area contributed by atoms with Gasteiger partial charge in [-0.05, 0) is 67.3 Å². The molecular weight excluding hydrogens is 462 g/mol. The fourth-order valence-corrected chi connectivity index (χ4v) is 6.74. The number of aromatic nitrogens is 4. The second-order valence-electron chi connectivity index (χ2n) is 9.29. The molecule has 2 aliphatic heterocycles. The molecule has 2 fully saturated rings. The van der Waals surface area contributed by atoms with E-state index in [1.165, 1.54) is 11.8 Å². The lowest BCUT2D eigenvalue weighted by Gasteiger charge is -2.39. The van der Waals surface area contributed by atoms with Gasteiger partial charge in [-0.25, -0.2) is 0 Å². The Morgan fingerprint density at radius 3 is 3.06 bits per heavy atom. The van der Waals surface area contributed by atoms with Gasteiger partial charge in [-0.1, -0.05) is 23.1 Å². The van der Waals surface area contributed by atoms with Crippen molar-refractivity contribution in [1.29, 1.82) is 0 Å². The van der Waals surface area contributed by atoms with Crippen LogP contribution in [-0.2, 0) is 13.0 Å². The zero-order valence-electron chi connectivity index (χ0n) is 19.9. The van der Waals surface area contributed by atoms with Crippen molar-refractivity contribution in [2.24, 2.45) is 11.8 Å². The van der Waals surface area contributed by atoms with E-state index in [9.17, 15) is 4.79 Å². The number of pyridine rings is 1. The van der Waals surface area contributed by atoms with Gasteiger partial charge in [-0.3, -0.25) is 14.5 Å². The fourth-order valence-electron chi connectivity index (χ4n) is 5.41. The van der Waals surface area contributed by atoms with E-state index >= 15 is 0 Å². The molecule has 0 spiro atoms. The summed E-state index contributed by atoms with van der Waals surface area (Å²) in [4.78, 5) is 19.6. The summed E-state index contributed by atoms with van der Waals surface area (Å²) in [5.74, 6) is 1.42. The molecule has 1 N–H and O–H groups in total. The number of aryl methyl sites for hydroxylation is 1. The number of nitrogens with zero attached hydrogens (tertiary/aromatic N) is 5. The molecule has 35 heavy (non-hydrogen) atoms. The Morgan fingerprint density at radius 2 is 2.26 bits per heavy atom. The predicted molar refractivity (Wildman–Crippen MR) is 136 cm³/mol. The highest BCUT2D eigenvalue weighted by Crippen LogP contribution is 2.50. The number of methoxy groups -OCH3 is 1. The number of ether oxygens (including phenoxy) is 1. The first kappa shape index (κ1) is 23.8. The average Bonchev–Trinajstić information content (AvgIpc) is 3.48. The SMILES string of the molecule is C=CC(Cn1cc(CCCO)nn1)C1CCN2C(=O)SC(c3ccnc4ccc(OC)cc34)C2C1. The third-order valence-electron chi connectivity index (χ3n) is 7.27. The first-order valence-electron chi connectivity index (χ1n) is 12.1. The summed E-state index contributed by atoms with van der Waals surface area (Å²) in [6.07, 6.45) is 9.11. The number of aliphatic hydroxyl groups excluding tert-OH is 1. The molecule has 4 heterocycles. The van der Waals surface area contributed by atoms with Gasteiger partial charge >= 0.3 is 0 Å². The average molecular weight is 494 g/mol. The second kappa shape index (κ2) is 10.4. The number of piperidine rings is 1. The number of aliphatic hydroxyl groups is 1. The molecule has 1 aromatic carbocycles. The Bertz CT molecular complexity index is 1210. The molecule has 0 radical (unpaired) electrons. The summed E-state index contributed by atoms with van der Waals surface area (Å²) < 4.78 is 7.35. The van der Waals surface area contributed by atoms with Crippen LogP contribution in [0.4, 0.5) is 4.79 Å². The number of thioether (sulfide) groups is 1. The maximum absolute atomic E-state index is 13.0. The number of benzene rings is 1. The van der Waals surface area contributed by atoms with E-state index in [0.717, 1.165) is 53.7 Å². The number of hydrogen-bond acceptors (Lipinski definition) is 7. The van der Waals surface area contributed by atoms with Crippen LogP contribution in [0.15, 0.2) is 49.3 Å². The standard InChI is InChI=1S/C26H31N5O3S/c1-3-17(15-30-16-19(28-29-30)5-4-12-32)18-9-11-31-24(13-18)25(35-26(31)33)21-8-10-27-23-7-6-20(34-2)14-22(21)23/h3,6-8,10,14,16-18,24-25,32H,1,4-5,9,11-13,15H2,2H3. The van der Waals surface area contributed by atoms with E-state index in [1.807, 2.05) is 47.4 Å². The van der Waals surface area contributed by atoms with E-state index in [2.05, 4.69) is 26.8 Å². The number of rotatable bonds is 9. The molecule has 2 saturated heterocycles. The van der Waals surface area contributed by atoms with Gasteiger partial charge in [0.2, 0.25) is 0 Å². The molecule has 4 atom stereocenters. The minimum atomic E-state index is 0.0461. The van der Waals surface area contributed by atoms with E-state index in [4.69, 9.17) is 9.84 Å². The molecule has 9 heteroatoms. The van der Waals surface area contributed by atoms with Gasteiger partial charge in [0.15, 0.2) is 0 Å². The lowest BCUT2D eigenvalue weighted by Crippen LogP contribution is -2.43. The van der Waals surface area contributed by atoms with Gasteiger partial charge < -0.3 is 14.7 Å². The molecule has 8 nitrogen and oxygen atoms in total. The monoisotopic (exact) mass is 493 g/mol. The van der Waals surface area contributed by atoms with Crippen LogP contribution in [0.3, 0.4) is 0 Å². The zero-order valence-corrected chi connectivity index (χ0v) is 20.7. The van der Waals surface area contributed by atoms with Gasteiger partial charge in [0.1, 0.15) is 5.75 Å². The summed E-state index contributed by atoms with van der Waals surface area (Å²) in [6.45, 7) is 5.75. The molecule has 0 bridgehead atoms. The minimum Gasteiger partial charge on any atom is -0.497 e. The van der Waals surface area contributed by atoms with Crippen molar-refractivity contribution in [2.45, 2.75) is 43.5 Å². The van der Waals surface area contributed by atoms with E-state index in [0.29, 0.717) is 18.9 Å². The smallest absolute Gasteiger partial charge is 0.282 e. The maximum Gasteiger partial charge on any atom is 0.282 e. The van der Waals surface area contributed by atoms with Gasteiger partial charge in [0.25, 0.3) is 5.24 Å². The second-order valence-corrected chi connectivity index (χ2v) is 10.4. The summed E-state index contributed by atoms with van der Waals surface area (Å²) in [7, 11) is 1.67. The third kappa shape index (κ3) is 4.79. The van der Waals surface area contributed by atoms with Crippen LogP contribution in [0.1, 0.15) is 35.8 Å². The number of fused-ring (bicyclic) bond motifs is 2. The molecule has 2 aliphatic rings. The van der Waals surface area contributed by atoms with Crippen molar-refractivity contribution in [2.75, 3.05) is 20.3 Å². The Morgan fingerprint density at radius 1 is 1.37 bits per heavy atom. The van der Waals surface area contributed by atoms with Crippen LogP contribution in [0.2, 0.25) is 0 Å². The molecule has 4 unspecified atom stereocenters. The van der Waals surface area contributed by atoms with Crippen LogP contribution < -0.4 is 4.74 Å². The number of allylic oxidation sites excluding steroid dienone is 1. The summed E-state index contributed by atoms with van der Waals surface area (Å²) in [6, 6.07) is 8.09. The van der Waals surface area contributed by atoms with E-state index in [1.54, 1.807) is 7.11 Å². The summed E-state index contributed by atoms with van der Waals surface area (Å²) in [5.41, 5.74) is 2.95. The maximum atomic E-state index is 13.0. The molecule has 3 aromatic rings. The third-order valence-corrected chi connectivity index (χ3v) is 8.53. The van der Waals surface area contributed by atoms with Crippen molar-refractivity contribution < 1.29 is 14.6 Å². The van der Waals surface area contributed by atoms with Crippen molar-refractivity contribution in [1.82, 2.24) is 24.9 Å². The van der Waals surface area contributed by atoms with Crippen molar-refractivity contribution in [3.8, 4) is 5.75 Å². The van der Waals surface area contributed by atoms with E-state index < -0.39 is 0 Å². The van der Waals surface area contributed by atoms with Crippen LogP contribution >= 0.6 is 11.8 Å². The number of hydrogen-bond donors (Lipinski definition) is 1. The predicted octanol–water partition coefficient (Wildman–Crippen LogP) is 4.25. The highest BCUT2D eigenvalue weighted by molar-refractivity contribution is 8.14. The van der Waals surface area contributed by atoms with Crippen LogP contribution in [0, 0.1) is 11.8 Å². The molecule has 0 aliphatic carbocycles. The van der Waals surface area contributed by atoms with Crippen LogP contribution in [0.5, 0.6) is 5.75 Å². The molecule has 2 aromatic heterocycles. The summed E-state index contributed by atoms with van der Waals surface area (Å²) >= 11 is 1.43. The minimum absolute atomic E-state index is 0.0461. The highest BCUT2D eigenvalue weighted by atomic mass is 32.2. The first-order chi connectivity index (χ1) is 17.1. The Hall–Kier alpha value is -2.91. The Kier molecular flexibility index (Phi) is 7.06. The van der Waals surface area contributed by atoms with Crippen LogP contribution in [-0.4, -0.2) is 61.5 Å². The molecule has 0 saturated carbocycles. The number of carbonyl (C=O) groups is 1.